The molecule has 0 amide bonds. The van der Waals surface area contributed by atoms with Gasteiger partial charge < -0.3 is 64.2 Å². The Morgan fingerprint density at radius 2 is 0.914 bits per heavy atom. The first-order chi connectivity index (χ1) is 34.0. The second kappa shape index (κ2) is 40.7. The van der Waals surface area contributed by atoms with Crippen LogP contribution >= 0.6 is 0 Å². The first-order valence-electron chi connectivity index (χ1n) is 25.5. The van der Waals surface area contributed by atoms with E-state index in [4.69, 9.17) is 28.4 Å². The second-order valence-electron chi connectivity index (χ2n) is 17.3. The number of esters is 2. The Morgan fingerprint density at radius 3 is 1.41 bits per heavy atom. The average molecular weight is 987 g/mol. The van der Waals surface area contributed by atoms with Gasteiger partial charge in [-0.05, 0) is 89.9 Å². The fourth-order valence-electron chi connectivity index (χ4n) is 7.07. The summed E-state index contributed by atoms with van der Waals surface area (Å²) in [6.07, 6.45) is 35.6. The van der Waals surface area contributed by atoms with Crippen LogP contribution in [0.25, 0.3) is 0 Å². The van der Waals surface area contributed by atoms with Gasteiger partial charge in [0.2, 0.25) is 0 Å². The Hall–Kier alpha value is -3.84. The number of unbranched alkanes of at least 4 members (excludes halogenated alkanes) is 5. The summed E-state index contributed by atoms with van der Waals surface area (Å²) in [6.45, 7) is 2.29. The van der Waals surface area contributed by atoms with Crippen molar-refractivity contribution < 1.29 is 73.8 Å². The van der Waals surface area contributed by atoms with Gasteiger partial charge in [0.25, 0.3) is 0 Å². The standard InChI is InChI=1S/C55H86O15/c1-3-5-7-9-11-13-15-17-19-20-21-22-24-26-28-30-32-34-36-38-47(58)68-43(40-65-46(57)37-35-33-31-29-27-25-23-18-16-14-12-10-8-6-4-2)41-66-54-53(64)51(62)49(60)45(70-54)42-67-55-52(63)50(61)48(59)44(39-56)69-55/h5,7,11-14,17-19,21-23,26-29,32,34,43-45,48-56,59-64H,3-4,6,8-10,15-16,20,24-25,30-31,33,35-42H2,1-2H3/b7-5+,13-11+,14-12+,19-17+,22-21+,23-18+,28-26+,29-27+,34-32+/t43-,44+,45+,48-,49-,50?,51?,52?,53?,54+,55+/m1/s1. The van der Waals surface area contributed by atoms with E-state index in [9.17, 15) is 45.3 Å². The Kier molecular flexibility index (Phi) is 36.2. The maximum atomic E-state index is 13.0. The lowest BCUT2D eigenvalue weighted by atomic mass is 9.98. The van der Waals surface area contributed by atoms with Crippen LogP contribution in [0, 0.1) is 0 Å². The largest absolute Gasteiger partial charge is 0.462 e. The molecule has 2 aliphatic heterocycles. The lowest BCUT2D eigenvalue weighted by Gasteiger charge is -2.42. The fraction of sp³-hybridized carbons (Fsp3) is 0.636. The Bertz CT molecular complexity index is 1630. The highest BCUT2D eigenvalue weighted by atomic mass is 16.7. The monoisotopic (exact) mass is 987 g/mol. The van der Waals surface area contributed by atoms with Crippen LogP contribution in [0.5, 0.6) is 0 Å². The molecule has 15 nitrogen and oxygen atoms in total. The van der Waals surface area contributed by atoms with E-state index in [1.165, 1.54) is 19.3 Å². The van der Waals surface area contributed by atoms with Gasteiger partial charge in [-0.15, -0.1) is 0 Å². The molecule has 2 heterocycles. The van der Waals surface area contributed by atoms with E-state index in [1.54, 1.807) is 0 Å². The molecule has 0 spiro atoms. The predicted octanol–water partition coefficient (Wildman–Crippen LogP) is 7.15. The minimum absolute atomic E-state index is 0.0247. The van der Waals surface area contributed by atoms with Crippen molar-refractivity contribution in [2.45, 2.75) is 197 Å². The van der Waals surface area contributed by atoms with Crippen LogP contribution < -0.4 is 0 Å². The summed E-state index contributed by atoms with van der Waals surface area (Å²) in [6, 6.07) is 0. The molecule has 0 aromatic heterocycles. The maximum Gasteiger partial charge on any atom is 0.306 e. The summed E-state index contributed by atoms with van der Waals surface area (Å²) < 4.78 is 33.4. The molecule has 15 heteroatoms. The van der Waals surface area contributed by atoms with Crippen molar-refractivity contribution in [2.75, 3.05) is 26.4 Å². The van der Waals surface area contributed by atoms with E-state index in [1.807, 2.05) is 18.2 Å². The van der Waals surface area contributed by atoms with Gasteiger partial charge in [-0.3, -0.25) is 9.59 Å². The first-order valence-corrected chi connectivity index (χ1v) is 25.5. The van der Waals surface area contributed by atoms with Crippen LogP contribution in [0.1, 0.15) is 129 Å². The third kappa shape index (κ3) is 28.3. The lowest BCUT2D eigenvalue weighted by Crippen LogP contribution is -2.61. The quantitative estimate of drug-likeness (QED) is 0.0186. The highest BCUT2D eigenvalue weighted by Crippen LogP contribution is 2.26. The topological polar surface area (TPSA) is 231 Å². The molecule has 2 aliphatic rings. The molecule has 0 aliphatic carbocycles. The summed E-state index contributed by atoms with van der Waals surface area (Å²) in [5.74, 6) is -1.08. The molecule has 0 aromatic rings. The van der Waals surface area contributed by atoms with Gasteiger partial charge in [0.05, 0.1) is 19.8 Å². The molecule has 7 N–H and O–H groups in total. The van der Waals surface area contributed by atoms with Crippen LogP contribution in [0.15, 0.2) is 109 Å². The van der Waals surface area contributed by atoms with Crippen molar-refractivity contribution in [3.05, 3.63) is 109 Å². The highest BCUT2D eigenvalue weighted by molar-refractivity contribution is 5.70. The number of aliphatic hydroxyl groups is 7. The average Bonchev–Trinajstić information content (AvgIpc) is 3.35. The molecule has 70 heavy (non-hydrogen) atoms. The minimum atomic E-state index is -1.79. The highest BCUT2D eigenvalue weighted by Gasteiger charge is 2.47. The molecular formula is C55H86O15. The number of rotatable bonds is 37. The normalized spacial score (nSPS) is 26.3. The van der Waals surface area contributed by atoms with Gasteiger partial charge in [0.1, 0.15) is 55.4 Å². The van der Waals surface area contributed by atoms with Crippen molar-refractivity contribution in [1.29, 1.82) is 0 Å². The van der Waals surface area contributed by atoms with Crippen LogP contribution in [0.3, 0.4) is 0 Å². The van der Waals surface area contributed by atoms with Crippen molar-refractivity contribution in [1.82, 2.24) is 0 Å². The van der Waals surface area contributed by atoms with Gasteiger partial charge in [0.15, 0.2) is 18.7 Å². The smallest absolute Gasteiger partial charge is 0.306 e. The van der Waals surface area contributed by atoms with Gasteiger partial charge in [-0.25, -0.2) is 0 Å². The zero-order valence-corrected chi connectivity index (χ0v) is 41.7. The molecular weight excluding hydrogens is 901 g/mol. The molecule has 0 aromatic carbocycles. The SMILES string of the molecule is CC/C=C/C/C=C/C/C=C/C/C=C/C/C=C/C/C=C/CCC(=O)O[C@H](COC(=O)CCCC/C=C/C/C=C/C/C=C/CCCCC)CO[C@H]1O[C@@H](CO[C@H]2O[C@@H](CO)[C@@H](O)C(O)C2O)[C@@H](O)C(O)C1O. The maximum absolute atomic E-state index is 13.0. The van der Waals surface area contributed by atoms with Crippen molar-refractivity contribution in [3.63, 3.8) is 0 Å². The second-order valence-corrected chi connectivity index (χ2v) is 17.3. The van der Waals surface area contributed by atoms with Crippen molar-refractivity contribution >= 4 is 11.9 Å². The van der Waals surface area contributed by atoms with E-state index >= 15 is 0 Å². The van der Waals surface area contributed by atoms with Gasteiger partial charge in [-0.2, -0.15) is 0 Å². The number of carbonyl (C=O) groups is 2. The molecule has 0 saturated carbocycles. The first kappa shape index (κ1) is 62.3. The molecule has 11 atom stereocenters. The number of allylic oxidation sites excluding steroid dienone is 18. The minimum Gasteiger partial charge on any atom is -0.462 e. The summed E-state index contributed by atoms with van der Waals surface area (Å²) in [5, 5.41) is 72.1. The number of aliphatic hydroxyl groups excluding tert-OH is 7. The van der Waals surface area contributed by atoms with Crippen LogP contribution in [0.2, 0.25) is 0 Å². The van der Waals surface area contributed by atoms with Crippen molar-refractivity contribution in [3.8, 4) is 0 Å². The lowest BCUT2D eigenvalue weighted by molar-refractivity contribution is -0.332. The Labute approximate surface area is 417 Å². The number of carbonyl (C=O) groups excluding carboxylic acids is 2. The third-order valence-corrected chi connectivity index (χ3v) is 11.2. The van der Waals surface area contributed by atoms with E-state index in [-0.39, 0.29) is 19.4 Å². The third-order valence-electron chi connectivity index (χ3n) is 11.2. The molecule has 396 valence electrons. The molecule has 2 fully saturated rings. The fourth-order valence-corrected chi connectivity index (χ4v) is 7.07. The summed E-state index contributed by atoms with van der Waals surface area (Å²) in [7, 11) is 0. The number of hydrogen-bond donors (Lipinski definition) is 7. The number of ether oxygens (including phenoxy) is 6. The summed E-state index contributed by atoms with van der Waals surface area (Å²) >= 11 is 0. The molecule has 0 radical (unpaired) electrons. The van der Waals surface area contributed by atoms with E-state index in [0.29, 0.717) is 19.3 Å². The van der Waals surface area contributed by atoms with E-state index in [2.05, 4.69) is 105 Å². The zero-order chi connectivity index (χ0) is 51.0. The predicted molar refractivity (Wildman–Crippen MR) is 270 cm³/mol. The molecule has 4 unspecified atom stereocenters. The van der Waals surface area contributed by atoms with Crippen molar-refractivity contribution in [2.24, 2.45) is 0 Å². The van der Waals surface area contributed by atoms with Crippen LogP contribution in [0.4, 0.5) is 0 Å². The van der Waals surface area contributed by atoms with E-state index in [0.717, 1.165) is 64.2 Å². The van der Waals surface area contributed by atoms with Gasteiger partial charge in [0, 0.05) is 12.8 Å². The van der Waals surface area contributed by atoms with Gasteiger partial charge >= 0.3 is 11.9 Å². The Morgan fingerprint density at radius 1 is 0.471 bits per heavy atom. The number of hydrogen-bond acceptors (Lipinski definition) is 15. The van der Waals surface area contributed by atoms with Crippen LogP contribution in [-0.2, 0) is 38.0 Å². The molecule has 0 bridgehead atoms. The van der Waals surface area contributed by atoms with Gasteiger partial charge in [-0.1, -0.05) is 136 Å². The van der Waals surface area contributed by atoms with Crippen LogP contribution in [-0.4, -0.2) is 142 Å². The van der Waals surface area contributed by atoms with E-state index < -0.39 is 99.3 Å². The molecule has 2 saturated heterocycles. The summed E-state index contributed by atoms with van der Waals surface area (Å²) in [4.78, 5) is 25.7. The summed E-state index contributed by atoms with van der Waals surface area (Å²) in [5.41, 5.74) is 0. The zero-order valence-electron chi connectivity index (χ0n) is 41.7. The Balaban J connectivity index is 1.87. The molecule has 2 rings (SSSR count).